The Morgan fingerprint density at radius 3 is 2.70 bits per heavy atom. The molecule has 1 saturated carbocycles. The monoisotopic (exact) mass is 276 g/mol. The van der Waals surface area contributed by atoms with E-state index in [0.29, 0.717) is 11.9 Å². The first-order valence-corrected chi connectivity index (χ1v) is 7.80. The van der Waals surface area contributed by atoms with Gasteiger partial charge in [-0.1, -0.05) is 47.0 Å². The zero-order chi connectivity index (χ0) is 14.8. The highest BCUT2D eigenvalue weighted by Gasteiger charge is 2.22. The summed E-state index contributed by atoms with van der Waals surface area (Å²) in [5.41, 5.74) is 5.84. The van der Waals surface area contributed by atoms with Gasteiger partial charge in [-0.2, -0.15) is 0 Å². The van der Waals surface area contributed by atoms with Crippen molar-refractivity contribution in [3.63, 3.8) is 0 Å². The van der Waals surface area contributed by atoms with Crippen LogP contribution in [0, 0.1) is 5.92 Å². The van der Waals surface area contributed by atoms with Crippen LogP contribution in [0.5, 0.6) is 0 Å². The number of nitrogens with zero attached hydrogens (tertiary/aromatic N) is 2. The van der Waals surface area contributed by atoms with Crippen molar-refractivity contribution in [2.45, 2.75) is 71.3 Å². The van der Waals surface area contributed by atoms with Gasteiger partial charge in [0.1, 0.15) is 17.5 Å². The third kappa shape index (κ3) is 3.84. The summed E-state index contributed by atoms with van der Waals surface area (Å²) >= 11 is 0. The fourth-order valence-electron chi connectivity index (χ4n) is 2.88. The largest absolute Gasteiger partial charge is 0.384 e. The van der Waals surface area contributed by atoms with Crippen molar-refractivity contribution >= 4 is 11.6 Å². The summed E-state index contributed by atoms with van der Waals surface area (Å²) in [7, 11) is 0. The van der Waals surface area contributed by atoms with Crippen LogP contribution in [-0.2, 0) is 5.41 Å². The van der Waals surface area contributed by atoms with Crippen LogP contribution in [-0.4, -0.2) is 16.0 Å². The zero-order valence-corrected chi connectivity index (χ0v) is 13.2. The Morgan fingerprint density at radius 2 is 2.05 bits per heavy atom. The van der Waals surface area contributed by atoms with Crippen LogP contribution >= 0.6 is 0 Å². The summed E-state index contributed by atoms with van der Waals surface area (Å²) in [4.78, 5) is 9.00. The van der Waals surface area contributed by atoms with E-state index in [4.69, 9.17) is 5.73 Å². The van der Waals surface area contributed by atoms with Crippen molar-refractivity contribution in [2.75, 3.05) is 11.1 Å². The number of rotatable bonds is 3. The Balaban J connectivity index is 2.11. The van der Waals surface area contributed by atoms with Crippen LogP contribution in [0.15, 0.2) is 6.07 Å². The molecule has 2 unspecified atom stereocenters. The zero-order valence-electron chi connectivity index (χ0n) is 13.2. The molecular formula is C16H28N4. The SMILES string of the molecule is CCC1CCCC(Nc2cc(N)nc(C(C)(C)C)n2)C1. The Morgan fingerprint density at radius 1 is 1.30 bits per heavy atom. The second kappa shape index (κ2) is 5.98. The molecule has 0 spiro atoms. The number of anilines is 2. The topological polar surface area (TPSA) is 63.8 Å². The summed E-state index contributed by atoms with van der Waals surface area (Å²) in [5, 5.41) is 3.57. The van der Waals surface area contributed by atoms with E-state index in [1.807, 2.05) is 6.07 Å². The molecule has 1 heterocycles. The fraction of sp³-hybridized carbons (Fsp3) is 0.750. The minimum Gasteiger partial charge on any atom is -0.384 e. The van der Waals surface area contributed by atoms with Gasteiger partial charge in [0, 0.05) is 17.5 Å². The maximum absolute atomic E-state index is 5.92. The minimum absolute atomic E-state index is 0.0790. The molecular weight excluding hydrogens is 248 g/mol. The van der Waals surface area contributed by atoms with Gasteiger partial charge in [0.05, 0.1) is 0 Å². The van der Waals surface area contributed by atoms with Gasteiger partial charge in [-0.25, -0.2) is 9.97 Å². The lowest BCUT2D eigenvalue weighted by Gasteiger charge is -2.30. The lowest BCUT2D eigenvalue weighted by atomic mass is 9.84. The molecule has 0 radical (unpaired) electrons. The Kier molecular flexibility index (Phi) is 4.51. The Bertz CT molecular complexity index is 450. The molecule has 1 aromatic rings. The normalized spacial score (nSPS) is 23.6. The van der Waals surface area contributed by atoms with Crippen molar-refractivity contribution in [3.8, 4) is 0 Å². The van der Waals surface area contributed by atoms with Crippen LogP contribution < -0.4 is 11.1 Å². The average Bonchev–Trinajstić information content (AvgIpc) is 2.37. The summed E-state index contributed by atoms with van der Waals surface area (Å²) in [6.07, 6.45) is 6.42. The molecule has 20 heavy (non-hydrogen) atoms. The number of nitrogens with two attached hydrogens (primary N) is 1. The molecule has 3 N–H and O–H groups in total. The second-order valence-electron chi connectivity index (χ2n) is 7.03. The molecule has 1 aromatic heterocycles. The molecule has 4 nitrogen and oxygen atoms in total. The first-order valence-electron chi connectivity index (χ1n) is 7.80. The smallest absolute Gasteiger partial charge is 0.138 e. The lowest BCUT2D eigenvalue weighted by Crippen LogP contribution is -2.28. The number of hydrogen-bond acceptors (Lipinski definition) is 4. The Labute approximate surface area is 122 Å². The van der Waals surface area contributed by atoms with Crippen LogP contribution in [0.4, 0.5) is 11.6 Å². The molecule has 112 valence electrons. The first-order chi connectivity index (χ1) is 9.38. The van der Waals surface area contributed by atoms with E-state index < -0.39 is 0 Å². The maximum Gasteiger partial charge on any atom is 0.138 e. The summed E-state index contributed by atoms with van der Waals surface area (Å²) in [5.74, 6) is 3.09. The van der Waals surface area contributed by atoms with E-state index in [2.05, 4.69) is 43.0 Å². The highest BCUT2D eigenvalue weighted by Crippen LogP contribution is 2.29. The molecule has 2 atom stereocenters. The third-order valence-corrected chi connectivity index (χ3v) is 4.13. The molecule has 1 aliphatic rings. The maximum atomic E-state index is 5.92. The lowest BCUT2D eigenvalue weighted by molar-refractivity contribution is 0.327. The predicted molar refractivity (Wildman–Crippen MR) is 84.8 cm³/mol. The predicted octanol–water partition coefficient (Wildman–Crippen LogP) is 3.74. The van der Waals surface area contributed by atoms with Gasteiger partial charge in [-0.3, -0.25) is 0 Å². The summed E-state index contributed by atoms with van der Waals surface area (Å²) < 4.78 is 0. The molecule has 0 aliphatic heterocycles. The average molecular weight is 276 g/mol. The summed E-state index contributed by atoms with van der Waals surface area (Å²) in [6.45, 7) is 8.62. The number of nitrogen functional groups attached to an aromatic ring is 1. The standard InChI is InChI=1S/C16H28N4/c1-5-11-7-6-8-12(9-11)18-14-10-13(17)19-15(20-14)16(2,3)4/h10-12H,5-9H2,1-4H3,(H3,17,18,19,20). The molecule has 2 rings (SSSR count). The van der Waals surface area contributed by atoms with E-state index in [9.17, 15) is 0 Å². The number of hydrogen-bond donors (Lipinski definition) is 2. The van der Waals surface area contributed by atoms with Crippen LogP contribution in [0.3, 0.4) is 0 Å². The van der Waals surface area contributed by atoms with Gasteiger partial charge >= 0.3 is 0 Å². The van der Waals surface area contributed by atoms with E-state index in [0.717, 1.165) is 17.6 Å². The van der Waals surface area contributed by atoms with Gasteiger partial charge in [0.15, 0.2) is 0 Å². The van der Waals surface area contributed by atoms with Gasteiger partial charge in [0.2, 0.25) is 0 Å². The molecule has 0 amide bonds. The molecule has 1 aliphatic carbocycles. The van der Waals surface area contributed by atoms with Crippen LogP contribution in [0.25, 0.3) is 0 Å². The molecule has 4 heteroatoms. The van der Waals surface area contributed by atoms with Gasteiger partial charge in [-0.15, -0.1) is 0 Å². The molecule has 0 bridgehead atoms. The van der Waals surface area contributed by atoms with E-state index in [1.54, 1.807) is 0 Å². The van der Waals surface area contributed by atoms with Crippen molar-refractivity contribution in [3.05, 3.63) is 11.9 Å². The summed E-state index contributed by atoms with van der Waals surface area (Å²) in [6, 6.07) is 2.38. The molecule has 0 saturated heterocycles. The van der Waals surface area contributed by atoms with E-state index in [1.165, 1.54) is 32.1 Å². The second-order valence-corrected chi connectivity index (χ2v) is 7.03. The van der Waals surface area contributed by atoms with Gasteiger partial charge < -0.3 is 11.1 Å². The Hall–Kier alpha value is -1.32. The number of nitrogens with one attached hydrogen (secondary N) is 1. The molecule has 0 aromatic carbocycles. The highest BCUT2D eigenvalue weighted by atomic mass is 15.1. The van der Waals surface area contributed by atoms with Crippen molar-refractivity contribution in [1.29, 1.82) is 0 Å². The van der Waals surface area contributed by atoms with Crippen molar-refractivity contribution < 1.29 is 0 Å². The van der Waals surface area contributed by atoms with Gasteiger partial charge in [-0.05, 0) is 18.8 Å². The third-order valence-electron chi connectivity index (χ3n) is 4.13. The van der Waals surface area contributed by atoms with Gasteiger partial charge in [0.25, 0.3) is 0 Å². The fourth-order valence-corrected chi connectivity index (χ4v) is 2.88. The number of aromatic nitrogens is 2. The first kappa shape index (κ1) is 15.1. The van der Waals surface area contributed by atoms with Crippen molar-refractivity contribution in [1.82, 2.24) is 9.97 Å². The van der Waals surface area contributed by atoms with Crippen molar-refractivity contribution in [2.24, 2.45) is 5.92 Å². The highest BCUT2D eigenvalue weighted by molar-refractivity contribution is 5.46. The van der Waals surface area contributed by atoms with E-state index >= 15 is 0 Å². The minimum atomic E-state index is -0.0790. The van der Waals surface area contributed by atoms with E-state index in [-0.39, 0.29) is 5.41 Å². The van der Waals surface area contributed by atoms with Crippen LogP contribution in [0.2, 0.25) is 0 Å². The quantitative estimate of drug-likeness (QED) is 0.882. The van der Waals surface area contributed by atoms with Crippen LogP contribution in [0.1, 0.15) is 65.6 Å². The molecule has 1 fully saturated rings.